The van der Waals surface area contributed by atoms with Gasteiger partial charge < -0.3 is 15.3 Å². The molecule has 0 aromatic heterocycles. The first kappa shape index (κ1) is 18.1. The number of carboxylic acid groups (broad SMARTS) is 1. The van der Waals surface area contributed by atoms with Crippen molar-refractivity contribution in [3.8, 4) is 0 Å². The molecular weight excluding hydrogens is 264 g/mol. The van der Waals surface area contributed by atoms with E-state index in [1.807, 2.05) is 25.6 Å². The van der Waals surface area contributed by atoms with Gasteiger partial charge in [-0.3, -0.25) is 4.79 Å². The molecule has 0 aromatic rings. The van der Waals surface area contributed by atoms with Crippen LogP contribution < -0.4 is 5.32 Å². The third-order valence-corrected chi connectivity index (χ3v) is 3.69. The summed E-state index contributed by atoms with van der Waals surface area (Å²) in [6.45, 7) is 4.17. The van der Waals surface area contributed by atoms with E-state index in [2.05, 4.69) is 11.6 Å². The number of carbonyl (C=O) groups excluding carboxylic acids is 1. The third kappa shape index (κ3) is 8.75. The Morgan fingerprint density at radius 3 is 2.53 bits per heavy atom. The molecule has 0 aliphatic rings. The van der Waals surface area contributed by atoms with Crippen LogP contribution in [-0.4, -0.2) is 53.1 Å². The number of amides is 2. The molecule has 2 amide bonds. The van der Waals surface area contributed by atoms with Crippen LogP contribution in [0.25, 0.3) is 0 Å². The number of nitrogens with one attached hydrogen (secondary N) is 1. The summed E-state index contributed by atoms with van der Waals surface area (Å²) in [5.74, 6) is 0.168. The van der Waals surface area contributed by atoms with E-state index < -0.39 is 5.97 Å². The second kappa shape index (κ2) is 11.0. The van der Waals surface area contributed by atoms with Gasteiger partial charge >= 0.3 is 12.0 Å². The first-order valence-electron chi connectivity index (χ1n) is 6.78. The maximum atomic E-state index is 11.9. The van der Waals surface area contributed by atoms with Crippen LogP contribution in [0.5, 0.6) is 0 Å². The quantitative estimate of drug-likeness (QED) is 0.606. The fourth-order valence-electron chi connectivity index (χ4n) is 1.64. The minimum atomic E-state index is -0.976. The fraction of sp³-hybridized carbons (Fsp3) is 0.846. The van der Waals surface area contributed by atoms with Crippen molar-refractivity contribution >= 4 is 23.8 Å². The van der Waals surface area contributed by atoms with Gasteiger partial charge in [-0.05, 0) is 38.2 Å². The lowest BCUT2D eigenvalue weighted by Crippen LogP contribution is -2.47. The molecule has 19 heavy (non-hydrogen) atoms. The highest BCUT2D eigenvalue weighted by molar-refractivity contribution is 7.98. The summed E-state index contributed by atoms with van der Waals surface area (Å²) in [6, 6.07) is -0.339. The number of carboxylic acids is 1. The number of hydrogen-bond acceptors (Lipinski definition) is 3. The molecule has 0 aliphatic carbocycles. The number of aliphatic carboxylic acids is 1. The number of nitrogens with zero attached hydrogens (tertiary/aromatic N) is 1. The van der Waals surface area contributed by atoms with Crippen molar-refractivity contribution < 1.29 is 14.7 Å². The van der Waals surface area contributed by atoms with Crippen molar-refractivity contribution in [2.45, 2.75) is 45.6 Å². The van der Waals surface area contributed by atoms with Crippen molar-refractivity contribution in [1.29, 1.82) is 0 Å². The molecule has 5 nitrogen and oxygen atoms in total. The zero-order chi connectivity index (χ0) is 14.7. The molecular formula is C13H26N2O3S. The minimum Gasteiger partial charge on any atom is -0.480 e. The Hall–Kier alpha value is -0.910. The average Bonchev–Trinajstić information content (AvgIpc) is 2.38. The average molecular weight is 290 g/mol. The van der Waals surface area contributed by atoms with E-state index in [1.165, 1.54) is 4.90 Å². The molecule has 0 radical (unpaired) electrons. The summed E-state index contributed by atoms with van der Waals surface area (Å²) in [5, 5.41) is 11.6. The summed E-state index contributed by atoms with van der Waals surface area (Å²) < 4.78 is 0. The Labute approximate surface area is 120 Å². The Kier molecular flexibility index (Phi) is 10.4. The Bertz CT molecular complexity index is 275. The van der Waals surface area contributed by atoms with Gasteiger partial charge in [0.1, 0.15) is 6.54 Å². The molecule has 0 heterocycles. The second-order valence-corrected chi connectivity index (χ2v) is 5.55. The number of hydrogen-bond donors (Lipinski definition) is 2. The summed E-state index contributed by atoms with van der Waals surface area (Å²) in [5.41, 5.74) is 0. The van der Waals surface area contributed by atoms with Crippen LogP contribution >= 0.6 is 11.8 Å². The van der Waals surface area contributed by atoms with E-state index in [-0.39, 0.29) is 18.6 Å². The molecule has 0 rings (SSSR count). The molecule has 112 valence electrons. The number of urea groups is 1. The normalized spacial score (nSPS) is 11.9. The highest BCUT2D eigenvalue weighted by atomic mass is 32.2. The number of unbranched alkanes of at least 4 members (excludes halogenated alkanes) is 2. The van der Waals surface area contributed by atoms with Gasteiger partial charge in [0.25, 0.3) is 0 Å². The van der Waals surface area contributed by atoms with Crippen molar-refractivity contribution in [2.75, 3.05) is 25.1 Å². The zero-order valence-corrected chi connectivity index (χ0v) is 13.0. The Morgan fingerprint density at radius 2 is 2.00 bits per heavy atom. The summed E-state index contributed by atoms with van der Waals surface area (Å²) in [7, 11) is 0. The van der Waals surface area contributed by atoms with E-state index >= 15 is 0 Å². The van der Waals surface area contributed by atoms with Crippen LogP contribution in [0.1, 0.15) is 39.5 Å². The standard InChI is InChI=1S/C13H26N2O3S/c1-4-11(2)15(10-12(16)17)13(18)14-8-6-5-7-9-19-3/h11H,4-10H2,1-3H3,(H,14,18)(H,16,17). The van der Waals surface area contributed by atoms with Crippen LogP contribution in [0.3, 0.4) is 0 Å². The smallest absolute Gasteiger partial charge is 0.323 e. The maximum absolute atomic E-state index is 11.9. The van der Waals surface area contributed by atoms with Gasteiger partial charge in [-0.1, -0.05) is 13.3 Å². The van der Waals surface area contributed by atoms with Gasteiger partial charge in [0, 0.05) is 12.6 Å². The summed E-state index contributed by atoms with van der Waals surface area (Å²) in [6.07, 6.45) is 6.00. The number of carbonyl (C=O) groups is 2. The lowest BCUT2D eigenvalue weighted by molar-refractivity contribution is -0.138. The summed E-state index contributed by atoms with van der Waals surface area (Å²) in [4.78, 5) is 24.1. The van der Waals surface area contributed by atoms with Gasteiger partial charge in [-0.25, -0.2) is 4.79 Å². The lowest BCUT2D eigenvalue weighted by atomic mass is 10.2. The minimum absolute atomic E-state index is 0.0624. The van der Waals surface area contributed by atoms with Crippen LogP contribution in [0.15, 0.2) is 0 Å². The van der Waals surface area contributed by atoms with Crippen molar-refractivity contribution in [3.05, 3.63) is 0 Å². The molecule has 1 unspecified atom stereocenters. The second-order valence-electron chi connectivity index (χ2n) is 4.56. The molecule has 0 saturated heterocycles. The molecule has 0 fully saturated rings. The lowest BCUT2D eigenvalue weighted by Gasteiger charge is -2.27. The van der Waals surface area contributed by atoms with E-state index in [0.29, 0.717) is 6.54 Å². The number of rotatable bonds is 10. The Morgan fingerprint density at radius 1 is 1.32 bits per heavy atom. The third-order valence-electron chi connectivity index (χ3n) is 2.99. The molecule has 0 spiro atoms. The van der Waals surface area contributed by atoms with E-state index in [1.54, 1.807) is 0 Å². The van der Waals surface area contributed by atoms with Crippen LogP contribution in [0, 0.1) is 0 Å². The van der Waals surface area contributed by atoms with Gasteiger partial charge in [0.2, 0.25) is 0 Å². The molecule has 0 aliphatic heterocycles. The molecule has 0 bridgehead atoms. The van der Waals surface area contributed by atoms with Gasteiger partial charge in [-0.2, -0.15) is 11.8 Å². The molecule has 2 N–H and O–H groups in total. The van der Waals surface area contributed by atoms with Crippen molar-refractivity contribution in [3.63, 3.8) is 0 Å². The predicted molar refractivity (Wildman–Crippen MR) is 79.7 cm³/mol. The van der Waals surface area contributed by atoms with Crippen LogP contribution in [0.4, 0.5) is 4.79 Å². The first-order valence-corrected chi connectivity index (χ1v) is 8.17. The predicted octanol–water partition coefficient (Wildman–Crippen LogP) is 2.41. The van der Waals surface area contributed by atoms with Gasteiger partial charge in [-0.15, -0.1) is 0 Å². The van der Waals surface area contributed by atoms with E-state index in [9.17, 15) is 9.59 Å². The fourth-order valence-corrected chi connectivity index (χ4v) is 2.13. The Balaban J connectivity index is 4.00. The van der Waals surface area contributed by atoms with Crippen LogP contribution in [-0.2, 0) is 4.79 Å². The monoisotopic (exact) mass is 290 g/mol. The van der Waals surface area contributed by atoms with E-state index in [4.69, 9.17) is 5.11 Å². The SMILES string of the molecule is CCC(C)N(CC(=O)O)C(=O)NCCCCCSC. The molecule has 0 saturated carbocycles. The summed E-state index contributed by atoms with van der Waals surface area (Å²) >= 11 is 1.82. The van der Waals surface area contributed by atoms with Crippen molar-refractivity contribution in [2.24, 2.45) is 0 Å². The first-order chi connectivity index (χ1) is 9.02. The molecule has 6 heteroatoms. The topological polar surface area (TPSA) is 69.6 Å². The van der Waals surface area contributed by atoms with Gasteiger partial charge in [0.15, 0.2) is 0 Å². The maximum Gasteiger partial charge on any atom is 0.323 e. The van der Waals surface area contributed by atoms with Gasteiger partial charge in [0.05, 0.1) is 0 Å². The van der Waals surface area contributed by atoms with Crippen molar-refractivity contribution in [1.82, 2.24) is 10.2 Å². The zero-order valence-electron chi connectivity index (χ0n) is 12.1. The van der Waals surface area contributed by atoms with Crippen LogP contribution in [0.2, 0.25) is 0 Å². The number of thioether (sulfide) groups is 1. The largest absolute Gasteiger partial charge is 0.480 e. The molecule has 0 aromatic carbocycles. The highest BCUT2D eigenvalue weighted by Gasteiger charge is 2.20. The highest BCUT2D eigenvalue weighted by Crippen LogP contribution is 2.05. The molecule has 1 atom stereocenters. The van der Waals surface area contributed by atoms with E-state index in [0.717, 1.165) is 31.4 Å².